The van der Waals surface area contributed by atoms with Crippen LogP contribution in [0.4, 0.5) is 0 Å². The van der Waals surface area contributed by atoms with Crippen molar-refractivity contribution in [3.05, 3.63) is 29.8 Å². The highest BCUT2D eigenvalue weighted by Crippen LogP contribution is 2.24. The summed E-state index contributed by atoms with van der Waals surface area (Å²) >= 11 is 0. The summed E-state index contributed by atoms with van der Waals surface area (Å²) < 4.78 is 5.24. The van der Waals surface area contributed by atoms with E-state index in [9.17, 15) is 5.11 Å². The standard InChI is InChI=1S/C16H26N2O2/c1-13(14-5-3-7-16(19)11-14)18(9-10-20-2)12-15-6-4-8-17-15/h3,5,7,11,13,15,17,19H,4,6,8-10,12H2,1-2H3. The van der Waals surface area contributed by atoms with Gasteiger partial charge in [0.25, 0.3) is 0 Å². The summed E-state index contributed by atoms with van der Waals surface area (Å²) in [5.41, 5.74) is 1.15. The molecule has 0 aromatic heterocycles. The molecular weight excluding hydrogens is 252 g/mol. The zero-order valence-electron chi connectivity index (χ0n) is 12.5. The monoisotopic (exact) mass is 278 g/mol. The van der Waals surface area contributed by atoms with Crippen LogP contribution in [0.25, 0.3) is 0 Å². The van der Waals surface area contributed by atoms with Gasteiger partial charge in [-0.25, -0.2) is 0 Å². The van der Waals surface area contributed by atoms with Gasteiger partial charge in [0.15, 0.2) is 0 Å². The van der Waals surface area contributed by atoms with Crippen molar-refractivity contribution in [1.29, 1.82) is 0 Å². The van der Waals surface area contributed by atoms with Crippen LogP contribution < -0.4 is 5.32 Å². The van der Waals surface area contributed by atoms with E-state index in [1.807, 2.05) is 12.1 Å². The molecule has 2 N–H and O–H groups in total. The second-order valence-corrected chi connectivity index (χ2v) is 5.55. The molecule has 2 rings (SSSR count). The van der Waals surface area contributed by atoms with Crippen molar-refractivity contribution < 1.29 is 9.84 Å². The molecule has 1 fully saturated rings. The Morgan fingerprint density at radius 1 is 1.50 bits per heavy atom. The summed E-state index contributed by atoms with van der Waals surface area (Å²) in [6, 6.07) is 8.41. The molecule has 0 radical (unpaired) electrons. The summed E-state index contributed by atoms with van der Waals surface area (Å²) in [5.74, 6) is 0.333. The van der Waals surface area contributed by atoms with Crippen molar-refractivity contribution in [2.75, 3.05) is 33.4 Å². The Bertz CT molecular complexity index is 405. The fraction of sp³-hybridized carbons (Fsp3) is 0.625. The molecule has 0 amide bonds. The van der Waals surface area contributed by atoms with E-state index in [4.69, 9.17) is 4.74 Å². The molecular formula is C16H26N2O2. The van der Waals surface area contributed by atoms with Crippen molar-refractivity contribution in [2.45, 2.75) is 31.8 Å². The molecule has 0 spiro atoms. The Kier molecular flexibility index (Phi) is 5.83. The fourth-order valence-corrected chi connectivity index (χ4v) is 2.84. The number of nitrogens with one attached hydrogen (secondary N) is 1. The SMILES string of the molecule is COCCN(CC1CCCN1)C(C)c1cccc(O)c1. The molecule has 1 aromatic carbocycles. The zero-order chi connectivity index (χ0) is 14.4. The predicted octanol–water partition coefficient (Wildman–Crippen LogP) is 2.15. The lowest BCUT2D eigenvalue weighted by Gasteiger charge is -2.31. The van der Waals surface area contributed by atoms with Crippen molar-refractivity contribution >= 4 is 0 Å². The Labute approximate surface area is 121 Å². The van der Waals surface area contributed by atoms with E-state index in [1.54, 1.807) is 13.2 Å². The van der Waals surface area contributed by atoms with Crippen molar-refractivity contribution in [3.63, 3.8) is 0 Å². The van der Waals surface area contributed by atoms with E-state index in [-0.39, 0.29) is 6.04 Å². The molecule has 4 nitrogen and oxygen atoms in total. The van der Waals surface area contributed by atoms with Crippen LogP contribution in [0.15, 0.2) is 24.3 Å². The lowest BCUT2D eigenvalue weighted by Crippen LogP contribution is -2.40. The van der Waals surface area contributed by atoms with Crippen LogP contribution in [0, 0.1) is 0 Å². The lowest BCUT2D eigenvalue weighted by atomic mass is 10.1. The highest BCUT2D eigenvalue weighted by atomic mass is 16.5. The predicted molar refractivity (Wildman–Crippen MR) is 81.0 cm³/mol. The van der Waals surface area contributed by atoms with Crippen molar-refractivity contribution in [3.8, 4) is 5.75 Å². The number of phenols is 1. The molecule has 112 valence electrons. The van der Waals surface area contributed by atoms with Gasteiger partial charge in [-0.15, -0.1) is 0 Å². The van der Waals surface area contributed by atoms with E-state index in [0.29, 0.717) is 11.8 Å². The maximum Gasteiger partial charge on any atom is 0.115 e. The molecule has 0 aliphatic carbocycles. The van der Waals surface area contributed by atoms with Crippen LogP contribution in [-0.2, 0) is 4.74 Å². The molecule has 1 aliphatic rings. The van der Waals surface area contributed by atoms with Crippen LogP contribution in [0.3, 0.4) is 0 Å². The molecule has 1 aromatic rings. The first-order valence-corrected chi connectivity index (χ1v) is 7.46. The number of aromatic hydroxyl groups is 1. The van der Waals surface area contributed by atoms with E-state index in [1.165, 1.54) is 12.8 Å². The van der Waals surface area contributed by atoms with E-state index >= 15 is 0 Å². The first-order valence-electron chi connectivity index (χ1n) is 7.46. The second-order valence-electron chi connectivity index (χ2n) is 5.55. The molecule has 1 saturated heterocycles. The third-order valence-electron chi connectivity index (χ3n) is 4.10. The number of hydrogen-bond donors (Lipinski definition) is 2. The summed E-state index contributed by atoms with van der Waals surface area (Å²) in [5, 5.41) is 13.2. The molecule has 2 atom stereocenters. The van der Waals surface area contributed by atoms with Gasteiger partial charge >= 0.3 is 0 Å². The Morgan fingerprint density at radius 2 is 2.35 bits per heavy atom. The minimum Gasteiger partial charge on any atom is -0.508 e. The number of benzene rings is 1. The molecule has 1 aliphatic heterocycles. The smallest absolute Gasteiger partial charge is 0.115 e. The number of rotatable bonds is 7. The molecule has 4 heteroatoms. The van der Waals surface area contributed by atoms with Crippen LogP contribution in [-0.4, -0.2) is 49.4 Å². The van der Waals surface area contributed by atoms with E-state index < -0.39 is 0 Å². The van der Waals surface area contributed by atoms with Gasteiger partial charge in [-0.3, -0.25) is 4.90 Å². The van der Waals surface area contributed by atoms with Crippen LogP contribution in [0.2, 0.25) is 0 Å². The van der Waals surface area contributed by atoms with Gasteiger partial charge in [-0.1, -0.05) is 12.1 Å². The van der Waals surface area contributed by atoms with E-state index in [2.05, 4.69) is 23.2 Å². The van der Waals surface area contributed by atoms with Gasteiger partial charge in [-0.05, 0) is 44.0 Å². The first-order chi connectivity index (χ1) is 9.70. The minimum absolute atomic E-state index is 0.277. The highest BCUT2D eigenvalue weighted by molar-refractivity contribution is 5.29. The molecule has 2 unspecified atom stereocenters. The quantitative estimate of drug-likeness (QED) is 0.802. The molecule has 0 bridgehead atoms. The average molecular weight is 278 g/mol. The van der Waals surface area contributed by atoms with Crippen molar-refractivity contribution in [1.82, 2.24) is 10.2 Å². The topological polar surface area (TPSA) is 44.7 Å². The maximum atomic E-state index is 9.65. The summed E-state index contributed by atoms with van der Waals surface area (Å²) in [7, 11) is 1.74. The van der Waals surface area contributed by atoms with Crippen molar-refractivity contribution in [2.24, 2.45) is 0 Å². The third kappa shape index (κ3) is 4.20. The molecule has 1 heterocycles. The first kappa shape index (κ1) is 15.3. The van der Waals surface area contributed by atoms with Gasteiger partial charge in [0, 0.05) is 32.3 Å². The van der Waals surface area contributed by atoms with Crippen LogP contribution >= 0.6 is 0 Å². The minimum atomic E-state index is 0.277. The Morgan fingerprint density at radius 3 is 3.00 bits per heavy atom. The molecule has 0 saturated carbocycles. The number of hydrogen-bond acceptors (Lipinski definition) is 4. The number of nitrogens with zero attached hydrogens (tertiary/aromatic N) is 1. The normalized spacial score (nSPS) is 20.4. The van der Waals surface area contributed by atoms with Crippen LogP contribution in [0.5, 0.6) is 5.75 Å². The van der Waals surface area contributed by atoms with Crippen LogP contribution in [0.1, 0.15) is 31.4 Å². The molecule has 20 heavy (non-hydrogen) atoms. The summed E-state index contributed by atoms with van der Waals surface area (Å²) in [6.45, 7) is 5.99. The number of phenolic OH excluding ortho intramolecular Hbond substituents is 1. The second kappa shape index (κ2) is 7.62. The van der Waals surface area contributed by atoms with Gasteiger partial charge in [-0.2, -0.15) is 0 Å². The fourth-order valence-electron chi connectivity index (χ4n) is 2.84. The van der Waals surface area contributed by atoms with E-state index in [0.717, 1.165) is 31.8 Å². The van der Waals surface area contributed by atoms with Gasteiger partial charge in [0.2, 0.25) is 0 Å². The number of methoxy groups -OCH3 is 1. The van der Waals surface area contributed by atoms with Gasteiger partial charge in [0.1, 0.15) is 5.75 Å². The van der Waals surface area contributed by atoms with Gasteiger partial charge < -0.3 is 15.2 Å². The average Bonchev–Trinajstić information content (AvgIpc) is 2.95. The highest BCUT2D eigenvalue weighted by Gasteiger charge is 2.22. The number of ether oxygens (including phenoxy) is 1. The largest absolute Gasteiger partial charge is 0.508 e. The lowest BCUT2D eigenvalue weighted by molar-refractivity contribution is 0.118. The maximum absolute atomic E-state index is 9.65. The third-order valence-corrected chi connectivity index (χ3v) is 4.10. The van der Waals surface area contributed by atoms with Gasteiger partial charge in [0.05, 0.1) is 6.61 Å². The zero-order valence-corrected chi connectivity index (χ0v) is 12.5. The summed E-state index contributed by atoms with van der Waals surface area (Å²) in [4.78, 5) is 2.43. The Balaban J connectivity index is 2.03. The Hall–Kier alpha value is -1.10. The summed E-state index contributed by atoms with van der Waals surface area (Å²) in [6.07, 6.45) is 2.51.